The molecule has 0 radical (unpaired) electrons. The van der Waals surface area contributed by atoms with Gasteiger partial charge in [-0.2, -0.15) is 0 Å². The lowest BCUT2D eigenvalue weighted by atomic mass is 9.33. The Balaban J connectivity index is 1.11. The van der Waals surface area contributed by atoms with Gasteiger partial charge in [-0.05, 0) is 84.4 Å². The molecule has 4 saturated heterocycles. The Kier molecular flexibility index (Phi) is 25.4. The second-order valence-corrected chi connectivity index (χ2v) is 29.1. The molecule has 9 aliphatic rings. The third kappa shape index (κ3) is 12.8. The maximum atomic E-state index is 7.78. The van der Waals surface area contributed by atoms with Gasteiger partial charge in [0.1, 0.15) is 85.5 Å². The number of ether oxygens (including phenoxy) is 24. The van der Waals surface area contributed by atoms with Crippen molar-refractivity contribution in [3.63, 3.8) is 0 Å². The first-order valence-electron chi connectivity index (χ1n) is 33.3. The van der Waals surface area contributed by atoms with E-state index in [0.717, 1.165) is 38.5 Å². The normalized spacial score (nSPS) is 48.6. The van der Waals surface area contributed by atoms with Crippen LogP contribution in [0.25, 0.3) is 0 Å². The number of rotatable bonds is 28. The number of methoxy groups -OCH3 is 16. The molecule has 24 heteroatoms. The second-order valence-electron chi connectivity index (χ2n) is 29.1. The van der Waals surface area contributed by atoms with E-state index in [-0.39, 0.29) is 78.2 Å². The SMILES string of the molecule is COC[C@H]1O[C@@H](O[C@H]2[C@H](O[C@H]3CC[C@@]4(C)C(CC[C@]5(C)[C@@H]4CC=C4[C@@H]6CC(C)(C)[C@@H](OC)[C@H](OC)[C@]6(COC)[C@H](OC)C[C@]45C)[C@]3(C)COC)O[C@H](COC)[C@@H](OC)[C@@H]2O[C@@H]2OC[C@H](OC)[C@H](OC)[C@H]2O[C@@H]2OC[C@@H](OC)[C@H](OC)[C@H]2OC)[C@H](OC)[C@@H](OC)[C@H]1OC. The Hall–Kier alpha value is -1.22. The molecule has 0 spiro atoms. The van der Waals surface area contributed by atoms with E-state index in [2.05, 4.69) is 47.6 Å². The molecular weight excluding hydrogens is 1200 g/mol. The van der Waals surface area contributed by atoms with E-state index < -0.39 is 128 Å². The summed E-state index contributed by atoms with van der Waals surface area (Å²) in [5, 5.41) is 0. The first kappa shape index (κ1) is 75.0. The number of allylic oxidation sites excluding steroid dienone is 2. The molecule has 24 nitrogen and oxygen atoms in total. The fourth-order valence-electron chi connectivity index (χ4n) is 20.3. The van der Waals surface area contributed by atoms with Gasteiger partial charge in [-0.15, -0.1) is 0 Å². The molecule has 4 saturated carbocycles. The highest BCUT2D eigenvalue weighted by Crippen LogP contribution is 2.76. The van der Waals surface area contributed by atoms with Crippen LogP contribution in [0.4, 0.5) is 0 Å². The van der Waals surface area contributed by atoms with Crippen LogP contribution in [-0.2, 0) is 114 Å². The van der Waals surface area contributed by atoms with Crippen LogP contribution in [-0.4, -0.2) is 288 Å². The second kappa shape index (κ2) is 31.1. The molecule has 92 heavy (non-hydrogen) atoms. The summed E-state index contributed by atoms with van der Waals surface area (Å²) in [4.78, 5) is 0. The van der Waals surface area contributed by atoms with E-state index in [9.17, 15) is 0 Å². The first-order chi connectivity index (χ1) is 44.1. The van der Waals surface area contributed by atoms with E-state index in [1.165, 1.54) is 5.57 Å². The molecule has 8 fully saturated rings. The van der Waals surface area contributed by atoms with Crippen LogP contribution >= 0.6 is 0 Å². The van der Waals surface area contributed by atoms with Crippen molar-refractivity contribution in [1.29, 1.82) is 0 Å². The van der Waals surface area contributed by atoms with Crippen molar-refractivity contribution in [1.82, 2.24) is 0 Å². The predicted octanol–water partition coefficient (Wildman–Crippen LogP) is 6.07. The molecule has 30 atom stereocenters. The van der Waals surface area contributed by atoms with Gasteiger partial charge in [0.25, 0.3) is 0 Å². The van der Waals surface area contributed by atoms with Gasteiger partial charge in [-0.25, -0.2) is 0 Å². The van der Waals surface area contributed by atoms with E-state index in [1.807, 2.05) is 28.4 Å². The summed E-state index contributed by atoms with van der Waals surface area (Å²) in [6, 6.07) is 0. The van der Waals surface area contributed by atoms with Crippen molar-refractivity contribution in [2.24, 2.45) is 50.2 Å². The monoisotopic (exact) mass is 1320 g/mol. The van der Waals surface area contributed by atoms with Crippen LogP contribution in [0.1, 0.15) is 86.5 Å². The van der Waals surface area contributed by atoms with Gasteiger partial charge < -0.3 is 114 Å². The minimum atomic E-state index is -1.19. The lowest BCUT2D eigenvalue weighted by Crippen LogP contribution is -2.72. The van der Waals surface area contributed by atoms with E-state index in [1.54, 1.807) is 85.3 Å². The number of fused-ring (bicyclic) bond motifs is 7. The minimum Gasteiger partial charge on any atom is -0.384 e. The van der Waals surface area contributed by atoms with E-state index >= 15 is 0 Å². The maximum absolute atomic E-state index is 7.78. The summed E-state index contributed by atoms with van der Waals surface area (Å²) in [6.45, 7) is 16.1. The Bertz CT molecular complexity index is 2340. The molecular formula is C68H118O24. The smallest absolute Gasteiger partial charge is 0.187 e. The van der Waals surface area contributed by atoms with Gasteiger partial charge >= 0.3 is 0 Å². The van der Waals surface area contributed by atoms with Crippen molar-refractivity contribution < 1.29 is 114 Å². The fraction of sp³-hybridized carbons (Fsp3) is 0.971. The summed E-state index contributed by atoms with van der Waals surface area (Å²) in [6.07, 6.45) is -7.42. The minimum absolute atomic E-state index is 0.0699. The van der Waals surface area contributed by atoms with Crippen LogP contribution in [0.15, 0.2) is 11.6 Å². The van der Waals surface area contributed by atoms with Gasteiger partial charge in [0, 0.05) is 119 Å². The summed E-state index contributed by atoms with van der Waals surface area (Å²) < 4.78 is 156. The maximum Gasteiger partial charge on any atom is 0.187 e. The standard InChI is InChI=1S/C68H118O24/c1-63(2)29-38-37-23-24-44-64(3)27-26-45(65(4,35-71-9)43(64)25-28-66(44,5)67(37,6)30-46(75-13)68(38,36-72-10)58(84-22)57(63)83-21)89-62-56(92-61-54(82-20)51(80-18)49(78-16)41(87-61)31-69-7)52(50(79-17)42(88-62)32-70-8)90-60-55(48(77-15)40(74-12)34-86-60)91-59-53(81-19)47(76-14)39(73-11)33-85-59/h23,38-62H,24-36H2,1-22H3/t38-,39+,40-,41+,42+,43?,44+,45-,46+,47-,48-,49-,50+,51-,52-,53+,54+,55+,56+,57-,58-,59-,60-,61-,62-,64-,65-,66+,67+,68-/m0/s1. The molecule has 534 valence electrons. The molecule has 4 aliphatic heterocycles. The van der Waals surface area contributed by atoms with Gasteiger partial charge in [0.2, 0.25) is 0 Å². The summed E-state index contributed by atoms with van der Waals surface area (Å²) >= 11 is 0. The number of hydrogen-bond acceptors (Lipinski definition) is 24. The summed E-state index contributed by atoms with van der Waals surface area (Å²) in [5.41, 5.74) is -0.161. The van der Waals surface area contributed by atoms with Crippen molar-refractivity contribution in [2.45, 2.75) is 222 Å². The molecule has 4 heterocycles. The van der Waals surface area contributed by atoms with Gasteiger partial charge in [0.15, 0.2) is 25.2 Å². The number of hydrogen-bond donors (Lipinski definition) is 0. The van der Waals surface area contributed by atoms with Crippen LogP contribution < -0.4 is 0 Å². The third-order valence-electron chi connectivity index (χ3n) is 24.7. The molecule has 0 aromatic heterocycles. The highest BCUT2D eigenvalue weighted by molar-refractivity contribution is 5.37. The Morgan fingerprint density at radius 1 is 0.424 bits per heavy atom. The molecule has 0 aromatic rings. The molecule has 0 aromatic carbocycles. The van der Waals surface area contributed by atoms with Crippen molar-refractivity contribution in [3.8, 4) is 0 Å². The third-order valence-corrected chi connectivity index (χ3v) is 24.7. The lowest BCUT2D eigenvalue weighted by Gasteiger charge is -2.73. The first-order valence-corrected chi connectivity index (χ1v) is 33.3. The lowest BCUT2D eigenvalue weighted by molar-refractivity contribution is -0.407. The van der Waals surface area contributed by atoms with Gasteiger partial charge in [0.05, 0.1) is 69.5 Å². The Morgan fingerprint density at radius 2 is 0.924 bits per heavy atom. The molecule has 0 N–H and O–H groups in total. The van der Waals surface area contributed by atoms with Crippen LogP contribution in [0.2, 0.25) is 0 Å². The van der Waals surface area contributed by atoms with Crippen LogP contribution in [0.3, 0.4) is 0 Å². The van der Waals surface area contributed by atoms with Crippen LogP contribution in [0, 0.1) is 50.2 Å². The molecule has 9 rings (SSSR count). The Labute approximate surface area is 548 Å². The Morgan fingerprint density at radius 3 is 1.45 bits per heavy atom. The zero-order valence-electron chi connectivity index (χ0n) is 59.5. The predicted molar refractivity (Wildman–Crippen MR) is 333 cm³/mol. The van der Waals surface area contributed by atoms with Gasteiger partial charge in [-0.3, -0.25) is 0 Å². The van der Waals surface area contributed by atoms with Gasteiger partial charge in [-0.1, -0.05) is 53.2 Å². The zero-order valence-corrected chi connectivity index (χ0v) is 59.5. The average molecular weight is 1320 g/mol. The largest absolute Gasteiger partial charge is 0.384 e. The molecule has 0 amide bonds. The highest BCUT2D eigenvalue weighted by atomic mass is 16.8. The molecule has 0 bridgehead atoms. The zero-order chi connectivity index (χ0) is 66.9. The quantitative estimate of drug-likeness (QED) is 0.0641. The average Bonchev–Trinajstić information content (AvgIpc) is 0.671. The molecule has 5 aliphatic carbocycles. The van der Waals surface area contributed by atoms with Crippen molar-refractivity contribution >= 4 is 0 Å². The fourth-order valence-corrected chi connectivity index (χ4v) is 20.3. The summed E-state index contributed by atoms with van der Waals surface area (Å²) in [7, 11) is 26.7. The van der Waals surface area contributed by atoms with E-state index in [0.29, 0.717) is 25.6 Å². The highest BCUT2D eigenvalue weighted by Gasteiger charge is 2.74. The van der Waals surface area contributed by atoms with E-state index in [4.69, 9.17) is 114 Å². The summed E-state index contributed by atoms with van der Waals surface area (Å²) in [5.74, 6) is 0.595. The van der Waals surface area contributed by atoms with Crippen molar-refractivity contribution in [3.05, 3.63) is 11.6 Å². The topological polar surface area (TPSA) is 222 Å². The van der Waals surface area contributed by atoms with Crippen LogP contribution in [0.5, 0.6) is 0 Å². The molecule has 1 unspecified atom stereocenters. The van der Waals surface area contributed by atoms with Crippen molar-refractivity contribution in [2.75, 3.05) is 153 Å².